The van der Waals surface area contributed by atoms with E-state index in [0.717, 1.165) is 41.3 Å². The van der Waals surface area contributed by atoms with Gasteiger partial charge in [-0.2, -0.15) is 0 Å². The van der Waals surface area contributed by atoms with Gasteiger partial charge in [-0.05, 0) is 31.5 Å². The quantitative estimate of drug-likeness (QED) is 0.926. The Hall–Kier alpha value is -2.49. The summed E-state index contributed by atoms with van der Waals surface area (Å²) in [7, 11) is 0. The van der Waals surface area contributed by atoms with Gasteiger partial charge in [0.2, 0.25) is 0 Å². The largest absolute Gasteiger partial charge is 0.485 e. The summed E-state index contributed by atoms with van der Waals surface area (Å²) >= 11 is 0. The maximum Gasteiger partial charge on any atom is 0.167 e. The standard InChI is InChI=1S/C20H22N2O2/c1-3-22(4-2)13-9-10-16-18(11-13)24-19-12-17(23)14-7-5-6-8-15(14)20(19)21-16/h5-11,19-21H,3-4,12H2,1-2H3. The predicted octanol–water partition coefficient (Wildman–Crippen LogP) is 4.03. The second-order valence-corrected chi connectivity index (χ2v) is 6.35. The van der Waals surface area contributed by atoms with Gasteiger partial charge in [-0.1, -0.05) is 24.3 Å². The highest BCUT2D eigenvalue weighted by atomic mass is 16.5. The summed E-state index contributed by atoms with van der Waals surface area (Å²) < 4.78 is 6.23. The molecule has 4 heteroatoms. The van der Waals surface area contributed by atoms with Crippen LogP contribution >= 0.6 is 0 Å². The van der Waals surface area contributed by atoms with Crippen molar-refractivity contribution < 1.29 is 9.53 Å². The Morgan fingerprint density at radius 3 is 2.75 bits per heavy atom. The second kappa shape index (κ2) is 5.86. The smallest absolute Gasteiger partial charge is 0.167 e. The lowest BCUT2D eigenvalue weighted by atomic mass is 9.83. The predicted molar refractivity (Wildman–Crippen MR) is 96.2 cm³/mol. The number of hydrogen-bond acceptors (Lipinski definition) is 4. The van der Waals surface area contributed by atoms with Crippen molar-refractivity contribution >= 4 is 17.2 Å². The van der Waals surface area contributed by atoms with Crippen molar-refractivity contribution in [2.45, 2.75) is 32.4 Å². The summed E-state index contributed by atoms with van der Waals surface area (Å²) in [5, 5.41) is 3.58. The minimum Gasteiger partial charge on any atom is -0.485 e. The Labute approximate surface area is 142 Å². The number of carbonyl (C=O) groups is 1. The molecule has 2 atom stereocenters. The number of nitrogens with zero attached hydrogens (tertiary/aromatic N) is 1. The molecule has 124 valence electrons. The lowest BCUT2D eigenvalue weighted by Crippen LogP contribution is -2.40. The molecular formula is C20H22N2O2. The molecule has 1 aliphatic carbocycles. The van der Waals surface area contributed by atoms with E-state index in [0.29, 0.717) is 6.42 Å². The summed E-state index contributed by atoms with van der Waals surface area (Å²) in [5.74, 6) is 1.00. The van der Waals surface area contributed by atoms with E-state index in [-0.39, 0.29) is 17.9 Å². The monoisotopic (exact) mass is 322 g/mol. The highest BCUT2D eigenvalue weighted by molar-refractivity contribution is 5.99. The van der Waals surface area contributed by atoms with E-state index in [1.165, 1.54) is 0 Å². The first-order chi connectivity index (χ1) is 11.7. The summed E-state index contributed by atoms with van der Waals surface area (Å²) in [5.41, 5.74) is 4.01. The number of hydrogen-bond donors (Lipinski definition) is 1. The average Bonchev–Trinajstić information content (AvgIpc) is 2.62. The molecule has 0 radical (unpaired) electrons. The highest BCUT2D eigenvalue weighted by Crippen LogP contribution is 2.43. The van der Waals surface area contributed by atoms with Gasteiger partial charge in [0.05, 0.1) is 18.2 Å². The minimum atomic E-state index is -0.146. The van der Waals surface area contributed by atoms with Gasteiger partial charge in [-0.3, -0.25) is 4.79 Å². The number of anilines is 2. The maximum absolute atomic E-state index is 12.4. The topological polar surface area (TPSA) is 41.6 Å². The molecule has 2 aliphatic rings. The van der Waals surface area contributed by atoms with E-state index in [1.807, 2.05) is 24.3 Å². The van der Waals surface area contributed by atoms with Crippen LogP contribution in [-0.4, -0.2) is 25.0 Å². The van der Waals surface area contributed by atoms with E-state index in [9.17, 15) is 4.79 Å². The van der Waals surface area contributed by atoms with Crippen LogP contribution in [0, 0.1) is 0 Å². The third-order valence-corrected chi connectivity index (χ3v) is 5.04. The zero-order valence-electron chi connectivity index (χ0n) is 14.1. The molecule has 1 aliphatic heterocycles. The number of benzene rings is 2. The number of rotatable bonds is 3. The fraction of sp³-hybridized carbons (Fsp3) is 0.350. The van der Waals surface area contributed by atoms with Crippen molar-refractivity contribution in [3.05, 3.63) is 53.6 Å². The van der Waals surface area contributed by atoms with Crippen molar-refractivity contribution in [3.63, 3.8) is 0 Å². The third kappa shape index (κ3) is 2.33. The molecular weight excluding hydrogens is 300 g/mol. The van der Waals surface area contributed by atoms with Crippen molar-refractivity contribution in [1.29, 1.82) is 0 Å². The van der Waals surface area contributed by atoms with Crippen LogP contribution in [0.25, 0.3) is 0 Å². The highest BCUT2D eigenvalue weighted by Gasteiger charge is 2.38. The van der Waals surface area contributed by atoms with Gasteiger partial charge < -0.3 is 15.0 Å². The van der Waals surface area contributed by atoms with Crippen LogP contribution < -0.4 is 15.0 Å². The molecule has 4 nitrogen and oxygen atoms in total. The molecule has 4 rings (SSSR count). The Bertz CT molecular complexity index is 783. The van der Waals surface area contributed by atoms with Gasteiger partial charge in [0.25, 0.3) is 0 Å². The number of ketones is 1. The lowest BCUT2D eigenvalue weighted by Gasteiger charge is -2.39. The van der Waals surface area contributed by atoms with Crippen LogP contribution in [-0.2, 0) is 0 Å². The van der Waals surface area contributed by atoms with Gasteiger partial charge in [0, 0.05) is 30.4 Å². The molecule has 2 unspecified atom stereocenters. The Kier molecular flexibility index (Phi) is 3.68. The van der Waals surface area contributed by atoms with Gasteiger partial charge in [0.1, 0.15) is 11.9 Å². The Balaban J connectivity index is 1.70. The van der Waals surface area contributed by atoms with Crippen LogP contribution in [0.5, 0.6) is 5.75 Å². The van der Waals surface area contributed by atoms with Gasteiger partial charge >= 0.3 is 0 Å². The molecule has 0 aromatic heterocycles. The second-order valence-electron chi connectivity index (χ2n) is 6.35. The fourth-order valence-electron chi connectivity index (χ4n) is 3.76. The van der Waals surface area contributed by atoms with E-state index in [4.69, 9.17) is 4.74 Å². The number of Topliss-reactive ketones (excluding diaryl/α,β-unsaturated/α-hetero) is 1. The molecule has 0 saturated heterocycles. The van der Waals surface area contributed by atoms with Crippen LogP contribution in [0.15, 0.2) is 42.5 Å². The molecule has 0 bridgehead atoms. The van der Waals surface area contributed by atoms with Crippen LogP contribution in [0.2, 0.25) is 0 Å². The lowest BCUT2D eigenvalue weighted by molar-refractivity contribution is 0.0842. The average molecular weight is 322 g/mol. The molecule has 2 aromatic rings. The Morgan fingerprint density at radius 2 is 1.96 bits per heavy atom. The molecule has 2 aromatic carbocycles. The summed E-state index contributed by atoms with van der Waals surface area (Å²) in [6, 6.07) is 14.2. The molecule has 0 spiro atoms. The SMILES string of the molecule is CCN(CC)c1ccc2c(c1)OC1CC(=O)c3ccccc3C1N2. The molecule has 0 saturated carbocycles. The number of carbonyl (C=O) groups excluding carboxylic acids is 1. The van der Waals surface area contributed by atoms with Crippen LogP contribution in [0.3, 0.4) is 0 Å². The number of nitrogens with one attached hydrogen (secondary N) is 1. The van der Waals surface area contributed by atoms with E-state index in [1.54, 1.807) is 0 Å². The van der Waals surface area contributed by atoms with Gasteiger partial charge in [0.15, 0.2) is 5.78 Å². The molecule has 24 heavy (non-hydrogen) atoms. The van der Waals surface area contributed by atoms with Gasteiger partial charge in [-0.15, -0.1) is 0 Å². The first kappa shape index (κ1) is 15.1. The summed E-state index contributed by atoms with van der Waals surface area (Å²) in [6.45, 7) is 6.21. The van der Waals surface area contributed by atoms with E-state index in [2.05, 4.69) is 42.3 Å². The van der Waals surface area contributed by atoms with E-state index < -0.39 is 0 Å². The molecule has 1 heterocycles. The van der Waals surface area contributed by atoms with Crippen molar-refractivity contribution in [3.8, 4) is 5.75 Å². The third-order valence-electron chi connectivity index (χ3n) is 5.04. The van der Waals surface area contributed by atoms with Crippen LogP contribution in [0.4, 0.5) is 11.4 Å². The van der Waals surface area contributed by atoms with Crippen LogP contribution in [0.1, 0.15) is 42.2 Å². The molecule has 1 N–H and O–H groups in total. The van der Waals surface area contributed by atoms with Crippen molar-refractivity contribution in [2.75, 3.05) is 23.3 Å². The normalized spacial score (nSPS) is 21.0. The maximum atomic E-state index is 12.4. The van der Waals surface area contributed by atoms with Gasteiger partial charge in [-0.25, -0.2) is 0 Å². The van der Waals surface area contributed by atoms with Crippen molar-refractivity contribution in [2.24, 2.45) is 0 Å². The fourth-order valence-corrected chi connectivity index (χ4v) is 3.76. The number of fused-ring (bicyclic) bond motifs is 4. The first-order valence-electron chi connectivity index (χ1n) is 8.65. The molecule has 0 fully saturated rings. The number of ether oxygens (including phenoxy) is 1. The molecule has 0 amide bonds. The summed E-state index contributed by atoms with van der Waals surface area (Å²) in [6.07, 6.45) is 0.274. The Morgan fingerprint density at radius 1 is 1.17 bits per heavy atom. The van der Waals surface area contributed by atoms with E-state index >= 15 is 0 Å². The summed E-state index contributed by atoms with van der Waals surface area (Å²) in [4.78, 5) is 14.7. The zero-order chi connectivity index (χ0) is 16.7. The first-order valence-corrected chi connectivity index (χ1v) is 8.65. The van der Waals surface area contributed by atoms with Crippen molar-refractivity contribution in [1.82, 2.24) is 0 Å². The minimum absolute atomic E-state index is 0.0331. The zero-order valence-corrected chi connectivity index (χ0v) is 14.1.